The molecule has 1 unspecified atom stereocenters. The minimum Gasteiger partial charge on any atom is -0.368 e. The Balaban J connectivity index is 2.35. The molecular formula is C21H22ClN3O2S. The molecule has 2 amide bonds. The fourth-order valence-electron chi connectivity index (χ4n) is 2.73. The van der Waals surface area contributed by atoms with Crippen LogP contribution in [0, 0.1) is 17.8 Å². The molecule has 2 aromatic rings. The van der Waals surface area contributed by atoms with E-state index in [-0.39, 0.29) is 0 Å². The first-order valence-corrected chi connectivity index (χ1v) is 9.71. The molecule has 0 radical (unpaired) electrons. The van der Waals surface area contributed by atoms with Gasteiger partial charge in [0.1, 0.15) is 6.04 Å². The van der Waals surface area contributed by atoms with Crippen molar-refractivity contribution in [1.29, 1.82) is 0 Å². The summed E-state index contributed by atoms with van der Waals surface area (Å²) in [5.41, 5.74) is 6.03. The van der Waals surface area contributed by atoms with Gasteiger partial charge in [0, 0.05) is 10.6 Å². The van der Waals surface area contributed by atoms with Crippen molar-refractivity contribution in [3.8, 4) is 12.3 Å². The van der Waals surface area contributed by atoms with E-state index in [1.54, 1.807) is 18.2 Å². The fraction of sp³-hybridized carbons (Fsp3) is 0.238. The van der Waals surface area contributed by atoms with Gasteiger partial charge < -0.3 is 10.5 Å². The van der Waals surface area contributed by atoms with Gasteiger partial charge in [-0.1, -0.05) is 50.6 Å². The number of amides is 2. The zero-order valence-corrected chi connectivity index (χ0v) is 17.5. The van der Waals surface area contributed by atoms with E-state index in [2.05, 4.69) is 10.6 Å². The van der Waals surface area contributed by atoms with E-state index in [0.717, 1.165) is 4.90 Å². The number of hydrogen-bond acceptors (Lipinski definition) is 4. The van der Waals surface area contributed by atoms with Gasteiger partial charge in [-0.15, -0.1) is 6.42 Å². The summed E-state index contributed by atoms with van der Waals surface area (Å²) >= 11 is 7.81. The Morgan fingerprint density at radius 3 is 2.36 bits per heavy atom. The van der Waals surface area contributed by atoms with Crippen molar-refractivity contribution >= 4 is 46.7 Å². The van der Waals surface area contributed by atoms with Crippen LogP contribution < -0.4 is 15.4 Å². The quantitative estimate of drug-likeness (QED) is 0.544. The average Bonchev–Trinajstić information content (AvgIpc) is 2.63. The Morgan fingerprint density at radius 1 is 1.21 bits per heavy atom. The number of terminal acetylenes is 1. The van der Waals surface area contributed by atoms with Crippen LogP contribution in [0.5, 0.6) is 0 Å². The molecule has 2 aromatic carbocycles. The van der Waals surface area contributed by atoms with Crippen molar-refractivity contribution in [2.24, 2.45) is 11.1 Å². The van der Waals surface area contributed by atoms with Gasteiger partial charge in [-0.2, -0.15) is 0 Å². The van der Waals surface area contributed by atoms with Crippen LogP contribution in [0.1, 0.15) is 20.8 Å². The molecule has 0 saturated heterocycles. The Morgan fingerprint density at radius 2 is 1.86 bits per heavy atom. The molecule has 146 valence electrons. The van der Waals surface area contributed by atoms with Crippen LogP contribution >= 0.6 is 23.5 Å². The summed E-state index contributed by atoms with van der Waals surface area (Å²) in [4.78, 5) is 26.8. The first-order valence-electron chi connectivity index (χ1n) is 8.51. The highest BCUT2D eigenvalue weighted by atomic mass is 35.5. The molecule has 3 N–H and O–H groups in total. The molecule has 0 heterocycles. The second kappa shape index (κ2) is 9.05. The van der Waals surface area contributed by atoms with Crippen LogP contribution in [0.2, 0.25) is 5.02 Å². The van der Waals surface area contributed by atoms with Crippen molar-refractivity contribution in [3.63, 3.8) is 0 Å². The van der Waals surface area contributed by atoms with Gasteiger partial charge in [-0.3, -0.25) is 14.5 Å². The van der Waals surface area contributed by atoms with Crippen molar-refractivity contribution in [2.75, 3.05) is 9.62 Å². The van der Waals surface area contributed by atoms with E-state index in [1.807, 2.05) is 51.1 Å². The van der Waals surface area contributed by atoms with Crippen LogP contribution in [0.25, 0.3) is 0 Å². The molecule has 7 heteroatoms. The van der Waals surface area contributed by atoms with E-state index < -0.39 is 23.3 Å². The molecule has 1 atom stereocenters. The predicted octanol–water partition coefficient (Wildman–Crippen LogP) is 4.33. The SMILES string of the molecule is C#CC(=O)N(c1ccc(NSc2ccccc2)c(Cl)c1)C(C(N)=O)C(C)(C)C. The molecule has 0 aliphatic rings. The van der Waals surface area contributed by atoms with Crippen LogP contribution in [0.15, 0.2) is 53.4 Å². The maximum atomic E-state index is 12.4. The lowest BCUT2D eigenvalue weighted by Gasteiger charge is -2.37. The van der Waals surface area contributed by atoms with Gasteiger partial charge in [0.15, 0.2) is 0 Å². The molecule has 2 rings (SSSR count). The molecule has 0 aromatic heterocycles. The topological polar surface area (TPSA) is 75.4 Å². The van der Waals surface area contributed by atoms with Crippen molar-refractivity contribution in [1.82, 2.24) is 0 Å². The zero-order valence-electron chi connectivity index (χ0n) is 15.9. The number of rotatable bonds is 6. The van der Waals surface area contributed by atoms with Crippen molar-refractivity contribution < 1.29 is 9.59 Å². The first-order chi connectivity index (χ1) is 13.1. The monoisotopic (exact) mass is 415 g/mol. The van der Waals surface area contributed by atoms with Crippen LogP contribution in [0.4, 0.5) is 11.4 Å². The highest BCUT2D eigenvalue weighted by Crippen LogP contribution is 2.34. The minimum atomic E-state index is -0.926. The Bertz CT molecular complexity index is 904. The van der Waals surface area contributed by atoms with Crippen LogP contribution in [0.3, 0.4) is 0 Å². The maximum absolute atomic E-state index is 12.4. The van der Waals surface area contributed by atoms with Gasteiger partial charge >= 0.3 is 5.91 Å². The van der Waals surface area contributed by atoms with E-state index in [9.17, 15) is 9.59 Å². The number of halogens is 1. The summed E-state index contributed by atoms with van der Waals surface area (Å²) in [7, 11) is 0. The number of hydrogen-bond donors (Lipinski definition) is 2. The third kappa shape index (κ3) is 5.22. The van der Waals surface area contributed by atoms with Crippen LogP contribution in [-0.4, -0.2) is 17.9 Å². The number of carbonyl (C=O) groups excluding carboxylic acids is 2. The van der Waals surface area contributed by atoms with Crippen molar-refractivity contribution in [2.45, 2.75) is 31.7 Å². The molecule has 28 heavy (non-hydrogen) atoms. The second-order valence-corrected chi connectivity index (χ2v) is 8.46. The van der Waals surface area contributed by atoms with Gasteiger partial charge in [0.25, 0.3) is 0 Å². The summed E-state index contributed by atoms with van der Waals surface area (Å²) in [6.07, 6.45) is 5.33. The average molecular weight is 416 g/mol. The summed E-state index contributed by atoms with van der Waals surface area (Å²) < 4.78 is 3.17. The summed E-state index contributed by atoms with van der Waals surface area (Å²) in [6, 6.07) is 13.8. The third-order valence-electron chi connectivity index (χ3n) is 3.94. The predicted molar refractivity (Wildman–Crippen MR) is 116 cm³/mol. The lowest BCUT2D eigenvalue weighted by Crippen LogP contribution is -2.54. The first kappa shape index (κ1) is 21.7. The highest BCUT2D eigenvalue weighted by Gasteiger charge is 2.38. The molecule has 0 bridgehead atoms. The number of benzene rings is 2. The molecule has 0 spiro atoms. The molecular weight excluding hydrogens is 394 g/mol. The van der Waals surface area contributed by atoms with Crippen LogP contribution in [-0.2, 0) is 9.59 Å². The Kier molecular flexibility index (Phi) is 7.00. The maximum Gasteiger partial charge on any atom is 0.303 e. The number of primary amides is 1. The normalized spacial score (nSPS) is 12.0. The number of nitrogens with zero attached hydrogens (tertiary/aromatic N) is 1. The van der Waals surface area contributed by atoms with Gasteiger partial charge in [0.05, 0.1) is 10.7 Å². The van der Waals surface area contributed by atoms with E-state index >= 15 is 0 Å². The molecule has 0 fully saturated rings. The summed E-state index contributed by atoms with van der Waals surface area (Å²) in [6.45, 7) is 5.44. The molecule has 0 aliphatic heterocycles. The zero-order chi connectivity index (χ0) is 20.9. The second-order valence-electron chi connectivity index (χ2n) is 7.17. The van der Waals surface area contributed by atoms with Gasteiger partial charge in [0.2, 0.25) is 5.91 Å². The third-order valence-corrected chi connectivity index (χ3v) is 5.09. The van der Waals surface area contributed by atoms with E-state index in [4.69, 9.17) is 23.8 Å². The minimum absolute atomic E-state index is 0.382. The lowest BCUT2D eigenvalue weighted by molar-refractivity contribution is -0.124. The van der Waals surface area contributed by atoms with Crippen molar-refractivity contribution in [3.05, 3.63) is 53.6 Å². The molecule has 5 nitrogen and oxygen atoms in total. The van der Waals surface area contributed by atoms with Gasteiger partial charge in [-0.05, 0) is 53.6 Å². The molecule has 0 saturated carbocycles. The number of nitrogens with one attached hydrogen (secondary N) is 1. The standard InChI is InChI=1S/C21H22ClN3O2S/c1-5-18(26)25(19(20(23)27)21(2,3)4)14-11-12-17(16(22)13-14)24-28-15-9-7-6-8-10-15/h1,6-13,19,24H,2-4H3,(H2,23,27). The summed E-state index contributed by atoms with van der Waals surface area (Å²) in [5.74, 6) is 0.766. The van der Waals surface area contributed by atoms with Gasteiger partial charge in [-0.25, -0.2) is 0 Å². The van der Waals surface area contributed by atoms with E-state index in [1.165, 1.54) is 16.8 Å². The van der Waals surface area contributed by atoms with E-state index in [0.29, 0.717) is 16.4 Å². The lowest BCUT2D eigenvalue weighted by atomic mass is 9.84. The highest BCUT2D eigenvalue weighted by molar-refractivity contribution is 8.00. The summed E-state index contributed by atoms with van der Waals surface area (Å²) in [5, 5.41) is 0.382. The number of anilines is 2. The number of nitrogens with two attached hydrogens (primary N) is 1. The Labute approximate surface area is 174 Å². The fourth-order valence-corrected chi connectivity index (χ4v) is 3.71. The molecule has 0 aliphatic carbocycles. The number of carbonyl (C=O) groups is 2. The Hall–Kier alpha value is -2.62. The largest absolute Gasteiger partial charge is 0.368 e. The smallest absolute Gasteiger partial charge is 0.303 e.